The van der Waals surface area contributed by atoms with E-state index in [2.05, 4.69) is 4.98 Å². The molecule has 0 radical (unpaired) electrons. The summed E-state index contributed by atoms with van der Waals surface area (Å²) in [5.74, 6) is 0.733. The molecule has 0 aliphatic heterocycles. The van der Waals surface area contributed by atoms with Gasteiger partial charge in [0.1, 0.15) is 11.5 Å². The molecule has 0 spiro atoms. The van der Waals surface area contributed by atoms with Crippen molar-refractivity contribution in [1.82, 2.24) is 4.98 Å². The number of hydrogen-bond acceptors (Lipinski definition) is 4. The standard InChI is InChI=1S/C15H15NO4/c1-2-9-19-12-4-6-13(7-5-12)20-14-8-3-11(10-16-14)15(17)18/h3-8,10H,2,9H2,1H3,(H,17,18). The third-order valence-electron chi connectivity index (χ3n) is 2.50. The molecule has 0 aliphatic carbocycles. The number of aromatic nitrogens is 1. The summed E-state index contributed by atoms with van der Waals surface area (Å²) in [6, 6.07) is 10.1. The van der Waals surface area contributed by atoms with Crippen molar-refractivity contribution in [3.05, 3.63) is 48.2 Å². The molecule has 5 heteroatoms. The average Bonchev–Trinajstić information content (AvgIpc) is 2.47. The number of nitrogens with zero attached hydrogens (tertiary/aromatic N) is 1. The predicted octanol–water partition coefficient (Wildman–Crippen LogP) is 3.36. The number of hydrogen-bond donors (Lipinski definition) is 1. The monoisotopic (exact) mass is 273 g/mol. The van der Waals surface area contributed by atoms with Gasteiger partial charge in [0.15, 0.2) is 0 Å². The maximum absolute atomic E-state index is 10.7. The lowest BCUT2D eigenvalue weighted by Crippen LogP contribution is -1.97. The molecule has 0 saturated carbocycles. The van der Waals surface area contributed by atoms with Gasteiger partial charge in [-0.3, -0.25) is 0 Å². The van der Waals surface area contributed by atoms with E-state index in [-0.39, 0.29) is 5.56 Å². The Kier molecular flexibility index (Phi) is 4.55. The molecule has 0 atom stereocenters. The van der Waals surface area contributed by atoms with Crippen LogP contribution < -0.4 is 9.47 Å². The molecule has 5 nitrogen and oxygen atoms in total. The Hall–Kier alpha value is -2.56. The Balaban J connectivity index is 2.00. The molecule has 2 aromatic rings. The summed E-state index contributed by atoms with van der Waals surface area (Å²) >= 11 is 0. The van der Waals surface area contributed by atoms with Crippen molar-refractivity contribution >= 4 is 5.97 Å². The smallest absolute Gasteiger partial charge is 0.337 e. The number of carbonyl (C=O) groups is 1. The minimum absolute atomic E-state index is 0.126. The number of ether oxygens (including phenoxy) is 2. The molecule has 0 unspecified atom stereocenters. The molecule has 2 rings (SSSR count). The molecule has 0 bridgehead atoms. The first kappa shape index (κ1) is 13.9. The molecule has 0 saturated heterocycles. The molecule has 1 heterocycles. The first-order valence-electron chi connectivity index (χ1n) is 6.29. The van der Waals surface area contributed by atoms with Crippen LogP contribution in [0.4, 0.5) is 0 Å². The Labute approximate surface area is 116 Å². The van der Waals surface area contributed by atoms with Crippen LogP contribution in [0.1, 0.15) is 23.7 Å². The van der Waals surface area contributed by atoms with Crippen molar-refractivity contribution in [2.75, 3.05) is 6.61 Å². The van der Waals surface area contributed by atoms with Crippen LogP contribution in [0.2, 0.25) is 0 Å². The van der Waals surface area contributed by atoms with Gasteiger partial charge in [-0.25, -0.2) is 9.78 Å². The maximum Gasteiger partial charge on any atom is 0.337 e. The predicted molar refractivity (Wildman–Crippen MR) is 73.5 cm³/mol. The second kappa shape index (κ2) is 6.56. The number of carboxylic acids is 1. The molecular weight excluding hydrogens is 258 g/mol. The van der Waals surface area contributed by atoms with Gasteiger partial charge in [0, 0.05) is 12.3 Å². The van der Waals surface area contributed by atoms with Gasteiger partial charge in [0.25, 0.3) is 0 Å². The average molecular weight is 273 g/mol. The van der Waals surface area contributed by atoms with Gasteiger partial charge < -0.3 is 14.6 Å². The number of aromatic carboxylic acids is 1. The highest BCUT2D eigenvalue weighted by molar-refractivity contribution is 5.87. The van der Waals surface area contributed by atoms with Crippen molar-refractivity contribution in [2.24, 2.45) is 0 Å². The van der Waals surface area contributed by atoms with Crippen molar-refractivity contribution < 1.29 is 19.4 Å². The van der Waals surface area contributed by atoms with Gasteiger partial charge in [-0.1, -0.05) is 6.92 Å². The molecule has 1 aromatic carbocycles. The molecule has 0 amide bonds. The molecule has 0 fully saturated rings. The van der Waals surface area contributed by atoms with Gasteiger partial charge in [-0.2, -0.15) is 0 Å². The second-order valence-electron chi connectivity index (χ2n) is 4.11. The second-order valence-corrected chi connectivity index (χ2v) is 4.11. The highest BCUT2D eigenvalue weighted by atomic mass is 16.5. The molecule has 20 heavy (non-hydrogen) atoms. The van der Waals surface area contributed by atoms with Crippen LogP contribution in [0.25, 0.3) is 0 Å². The van der Waals surface area contributed by atoms with Crippen LogP contribution in [-0.4, -0.2) is 22.7 Å². The van der Waals surface area contributed by atoms with E-state index in [1.165, 1.54) is 18.3 Å². The number of rotatable bonds is 6. The van der Waals surface area contributed by atoms with E-state index in [0.29, 0.717) is 18.2 Å². The summed E-state index contributed by atoms with van der Waals surface area (Å²) in [6.45, 7) is 2.72. The van der Waals surface area contributed by atoms with E-state index in [0.717, 1.165) is 12.2 Å². The fourth-order valence-electron chi connectivity index (χ4n) is 1.51. The quantitative estimate of drug-likeness (QED) is 0.874. The highest BCUT2D eigenvalue weighted by Gasteiger charge is 2.04. The fourth-order valence-corrected chi connectivity index (χ4v) is 1.51. The van der Waals surface area contributed by atoms with E-state index in [1.807, 2.05) is 19.1 Å². The molecular formula is C15H15NO4. The van der Waals surface area contributed by atoms with Gasteiger partial charge >= 0.3 is 5.97 Å². The zero-order valence-electron chi connectivity index (χ0n) is 11.1. The third kappa shape index (κ3) is 3.71. The largest absolute Gasteiger partial charge is 0.494 e. The van der Waals surface area contributed by atoms with Crippen molar-refractivity contribution in [3.8, 4) is 17.4 Å². The van der Waals surface area contributed by atoms with Crippen molar-refractivity contribution in [3.63, 3.8) is 0 Å². The van der Waals surface area contributed by atoms with Gasteiger partial charge in [-0.05, 0) is 36.8 Å². The summed E-state index contributed by atoms with van der Waals surface area (Å²) in [6.07, 6.45) is 2.22. The van der Waals surface area contributed by atoms with E-state index in [4.69, 9.17) is 14.6 Å². The Morgan fingerprint density at radius 2 is 1.85 bits per heavy atom. The van der Waals surface area contributed by atoms with Crippen LogP contribution in [0.3, 0.4) is 0 Å². The lowest BCUT2D eigenvalue weighted by Gasteiger charge is -2.07. The van der Waals surface area contributed by atoms with Crippen molar-refractivity contribution in [2.45, 2.75) is 13.3 Å². The minimum atomic E-state index is -1.01. The maximum atomic E-state index is 10.7. The Bertz CT molecular complexity index is 563. The van der Waals surface area contributed by atoms with Crippen molar-refractivity contribution in [1.29, 1.82) is 0 Å². The lowest BCUT2D eigenvalue weighted by atomic mass is 10.3. The zero-order chi connectivity index (χ0) is 14.4. The van der Waals surface area contributed by atoms with Crippen LogP contribution in [0, 0.1) is 0 Å². The molecule has 1 N–H and O–H groups in total. The zero-order valence-corrected chi connectivity index (χ0v) is 11.1. The van der Waals surface area contributed by atoms with Crippen LogP contribution in [0.15, 0.2) is 42.6 Å². The third-order valence-corrected chi connectivity index (χ3v) is 2.50. The number of benzene rings is 1. The van der Waals surface area contributed by atoms with Crippen LogP contribution >= 0.6 is 0 Å². The van der Waals surface area contributed by atoms with Gasteiger partial charge in [0.05, 0.1) is 12.2 Å². The Morgan fingerprint density at radius 3 is 2.40 bits per heavy atom. The molecule has 104 valence electrons. The molecule has 0 aliphatic rings. The summed E-state index contributed by atoms with van der Waals surface area (Å²) in [5.41, 5.74) is 0.126. The van der Waals surface area contributed by atoms with Gasteiger partial charge in [0.2, 0.25) is 5.88 Å². The van der Waals surface area contributed by atoms with Crippen LogP contribution in [0.5, 0.6) is 17.4 Å². The first-order chi connectivity index (χ1) is 9.69. The molecule has 1 aromatic heterocycles. The normalized spacial score (nSPS) is 10.1. The summed E-state index contributed by atoms with van der Waals surface area (Å²) in [5, 5.41) is 8.77. The lowest BCUT2D eigenvalue weighted by molar-refractivity contribution is 0.0696. The van der Waals surface area contributed by atoms with E-state index < -0.39 is 5.97 Å². The Morgan fingerprint density at radius 1 is 1.15 bits per heavy atom. The summed E-state index contributed by atoms with van der Waals surface area (Å²) < 4.78 is 11.0. The fraction of sp³-hybridized carbons (Fsp3) is 0.200. The number of pyridine rings is 1. The topological polar surface area (TPSA) is 68.7 Å². The minimum Gasteiger partial charge on any atom is -0.494 e. The van der Waals surface area contributed by atoms with Crippen LogP contribution in [-0.2, 0) is 0 Å². The van der Waals surface area contributed by atoms with E-state index >= 15 is 0 Å². The summed E-state index contributed by atoms with van der Waals surface area (Å²) in [7, 11) is 0. The summed E-state index contributed by atoms with van der Waals surface area (Å²) in [4.78, 5) is 14.6. The first-order valence-corrected chi connectivity index (χ1v) is 6.29. The number of carboxylic acid groups (broad SMARTS) is 1. The van der Waals surface area contributed by atoms with E-state index in [9.17, 15) is 4.79 Å². The van der Waals surface area contributed by atoms with Gasteiger partial charge in [-0.15, -0.1) is 0 Å². The van der Waals surface area contributed by atoms with E-state index in [1.54, 1.807) is 12.1 Å². The SMILES string of the molecule is CCCOc1ccc(Oc2ccc(C(=O)O)cn2)cc1. The highest BCUT2D eigenvalue weighted by Crippen LogP contribution is 2.22.